The van der Waals surface area contributed by atoms with Gasteiger partial charge in [0, 0.05) is 42.4 Å². The summed E-state index contributed by atoms with van der Waals surface area (Å²) in [6, 6.07) is 60.7. The topological polar surface area (TPSA) is 56.7 Å². The maximum absolute atomic E-state index is 8.44. The first-order valence-corrected chi connectivity index (χ1v) is 27.7. The van der Waals surface area contributed by atoms with Crippen LogP contribution in [0.15, 0.2) is 168 Å². The van der Waals surface area contributed by atoms with E-state index in [1.54, 1.807) is 0 Å². The van der Waals surface area contributed by atoms with Gasteiger partial charge < -0.3 is 8.98 Å². The standard InChI is InChI=1S/C37H24N3O.C17H22GeN.Ir/c1-24-19-21-29-28-15-10-16-30(35(28)41-37(29)38-24)36-39-32-17-8-9-18-34(32)40(36)33-22-20-27(25-11-4-2-5-12-25)23-31(33)26-13-6-3-7-14-26;1-13(2)15-11-17(14-9-7-6-8-10-14)19-12-16(15)18(3,4)5;/h2-15,17-23H,1H3;6-9,11-13H,1-5H3;/q2*-1;/i;13D;. The predicted octanol–water partition coefficient (Wildman–Crippen LogP) is 13.6. The van der Waals surface area contributed by atoms with Gasteiger partial charge in [-0.1, -0.05) is 89.8 Å². The van der Waals surface area contributed by atoms with Crippen molar-refractivity contribution in [3.05, 3.63) is 187 Å². The summed E-state index contributed by atoms with van der Waals surface area (Å²) in [5.74, 6) is 7.22. The van der Waals surface area contributed by atoms with Gasteiger partial charge in [-0.15, -0.1) is 18.2 Å². The normalized spacial score (nSPS) is 11.9. The molecule has 0 aliphatic rings. The molecule has 0 spiro atoms. The summed E-state index contributed by atoms with van der Waals surface area (Å²) in [5, 5.41) is 1.99. The summed E-state index contributed by atoms with van der Waals surface area (Å²) in [5.41, 5.74) is 13.7. The Morgan fingerprint density at radius 3 is 2.13 bits per heavy atom. The number of pyridine rings is 2. The van der Waals surface area contributed by atoms with E-state index in [9.17, 15) is 0 Å². The van der Waals surface area contributed by atoms with Crippen molar-refractivity contribution < 1.29 is 25.9 Å². The monoisotopic (exact) mass is 1030 g/mol. The van der Waals surface area contributed by atoms with Crippen LogP contribution in [0.4, 0.5) is 0 Å². The molecule has 4 heterocycles. The molecule has 1 radical (unpaired) electrons. The summed E-state index contributed by atoms with van der Waals surface area (Å²) in [6.45, 7) is 5.89. The fourth-order valence-electron chi connectivity index (χ4n) is 7.88. The van der Waals surface area contributed by atoms with Crippen LogP contribution in [0.25, 0.3) is 83.7 Å². The molecule has 10 aromatic rings. The largest absolute Gasteiger partial charge is 0 e. The van der Waals surface area contributed by atoms with Crippen LogP contribution in [0.1, 0.15) is 32.4 Å². The number of aryl methyl sites for hydroxylation is 1. The first-order chi connectivity index (χ1) is 29.4. The maximum atomic E-state index is 8.44. The molecule has 0 amide bonds. The van der Waals surface area contributed by atoms with Crippen LogP contribution in [0.5, 0.6) is 0 Å². The fourth-order valence-corrected chi connectivity index (χ4v) is 11.2. The Morgan fingerprint density at radius 1 is 0.689 bits per heavy atom. The molecule has 0 aliphatic heterocycles. The Morgan fingerprint density at radius 2 is 1.41 bits per heavy atom. The van der Waals surface area contributed by atoms with Gasteiger partial charge in [-0.25, -0.2) is 4.98 Å². The second-order valence-electron chi connectivity index (χ2n) is 16.4. The minimum atomic E-state index is -2.03. The Labute approximate surface area is 375 Å². The average molecular weight is 1030 g/mol. The second-order valence-corrected chi connectivity index (χ2v) is 26.9. The number of fused-ring (bicyclic) bond motifs is 4. The van der Waals surface area contributed by atoms with E-state index in [0.717, 1.165) is 83.7 Å². The van der Waals surface area contributed by atoms with Gasteiger partial charge >= 0.3 is 120 Å². The first kappa shape index (κ1) is 40.5. The van der Waals surface area contributed by atoms with E-state index in [1.165, 1.54) is 9.96 Å². The van der Waals surface area contributed by atoms with Crippen molar-refractivity contribution in [3.63, 3.8) is 0 Å². The summed E-state index contributed by atoms with van der Waals surface area (Å²) >= 11 is -2.03. The van der Waals surface area contributed by atoms with Crippen LogP contribution in [0.3, 0.4) is 0 Å². The van der Waals surface area contributed by atoms with E-state index < -0.39 is 19.2 Å². The Bertz CT molecular complexity index is 3170. The van der Waals surface area contributed by atoms with Crippen LogP contribution in [0, 0.1) is 19.1 Å². The van der Waals surface area contributed by atoms with Gasteiger partial charge in [0.05, 0.1) is 22.4 Å². The molecule has 61 heavy (non-hydrogen) atoms. The number of para-hydroxylation sites is 2. The van der Waals surface area contributed by atoms with Crippen LogP contribution >= 0.6 is 0 Å². The van der Waals surface area contributed by atoms with E-state index in [2.05, 4.69) is 147 Å². The molecule has 0 bridgehead atoms. The molecule has 0 aliphatic carbocycles. The van der Waals surface area contributed by atoms with E-state index in [4.69, 9.17) is 10.8 Å². The Kier molecular flexibility index (Phi) is 11.7. The van der Waals surface area contributed by atoms with Crippen LogP contribution in [-0.4, -0.2) is 32.8 Å². The number of hydrogen-bond acceptors (Lipinski definition) is 4. The maximum Gasteiger partial charge on any atom is 0 e. The predicted molar refractivity (Wildman–Crippen MR) is 252 cm³/mol. The molecule has 4 aromatic heterocycles. The van der Waals surface area contributed by atoms with E-state index in [0.29, 0.717) is 5.71 Å². The van der Waals surface area contributed by atoms with Crippen LogP contribution in [0.2, 0.25) is 17.3 Å². The smallest absolute Gasteiger partial charge is 0 e. The van der Waals surface area contributed by atoms with Crippen molar-refractivity contribution >= 4 is 50.8 Å². The molecule has 7 heteroatoms. The number of rotatable bonds is 7. The average Bonchev–Trinajstić information content (AvgIpc) is 3.85. The van der Waals surface area contributed by atoms with E-state index in [1.807, 2.05) is 81.6 Å². The summed E-state index contributed by atoms with van der Waals surface area (Å²) in [6.07, 6.45) is 2.00. The first-order valence-electron chi connectivity index (χ1n) is 20.9. The number of imidazole rings is 1. The third-order valence-electron chi connectivity index (χ3n) is 10.9. The van der Waals surface area contributed by atoms with E-state index in [-0.39, 0.29) is 20.1 Å². The summed E-state index contributed by atoms with van der Waals surface area (Å²) in [4.78, 5) is 14.4. The van der Waals surface area contributed by atoms with Gasteiger partial charge in [0.25, 0.3) is 0 Å². The van der Waals surface area contributed by atoms with Crippen LogP contribution in [-0.2, 0) is 20.1 Å². The number of aromatic nitrogens is 4. The quantitative estimate of drug-likeness (QED) is 0.118. The Hall–Kier alpha value is -5.92. The molecule has 0 fully saturated rings. The minimum absolute atomic E-state index is 0. The van der Waals surface area contributed by atoms with Gasteiger partial charge in [-0.05, 0) is 60.0 Å². The molecule has 303 valence electrons. The van der Waals surface area contributed by atoms with Gasteiger partial charge in [0.15, 0.2) is 0 Å². The van der Waals surface area contributed by atoms with Crippen LogP contribution < -0.4 is 4.40 Å². The van der Waals surface area contributed by atoms with E-state index >= 15 is 0 Å². The van der Waals surface area contributed by atoms with Crippen molar-refractivity contribution in [2.75, 3.05) is 0 Å². The van der Waals surface area contributed by atoms with Crippen molar-refractivity contribution in [1.29, 1.82) is 0 Å². The SMILES string of the molecule is Cc1ccc2c(n1)oc1c(-c3nc4ccccc4n3-c3ccc(-c4ccccc4)cc3-c3ccccc3)[c-]ccc12.[2H]C(C)(C)c1cc(-c2[c-]cccc2)nc[c]1[Ge]([CH3])([CH3])[CH3].[Ir]. The van der Waals surface area contributed by atoms with Gasteiger partial charge in [0.1, 0.15) is 0 Å². The molecule has 5 nitrogen and oxygen atoms in total. The molecule has 0 N–H and O–H groups in total. The molecule has 6 aromatic carbocycles. The zero-order valence-electron chi connectivity index (χ0n) is 36.1. The van der Waals surface area contributed by atoms with Crippen molar-refractivity contribution in [1.82, 2.24) is 19.5 Å². The van der Waals surface area contributed by atoms with Crippen molar-refractivity contribution in [2.24, 2.45) is 0 Å². The molecular formula is C54H46GeIrN4O-2. The molecule has 10 rings (SSSR count). The second kappa shape index (κ2) is 17.6. The summed E-state index contributed by atoms with van der Waals surface area (Å²) < 4.78 is 18.4. The van der Waals surface area contributed by atoms with Gasteiger partial charge in [-0.2, -0.15) is 0 Å². The minimum Gasteiger partial charge on any atom is 0 e. The fraction of sp³-hybridized carbons (Fsp3) is 0.130. The Balaban J connectivity index is 0.000000214. The number of benzene rings is 6. The number of nitrogens with zero attached hydrogens (tertiary/aromatic N) is 4. The van der Waals surface area contributed by atoms with Crippen molar-refractivity contribution in [3.8, 4) is 50.6 Å². The molecule has 0 saturated heterocycles. The molecule has 0 unspecified atom stereocenters. The zero-order chi connectivity index (χ0) is 42.3. The third kappa shape index (κ3) is 8.41. The molecular weight excluding hydrogens is 985 g/mol. The van der Waals surface area contributed by atoms with Gasteiger partial charge in [0.2, 0.25) is 5.71 Å². The van der Waals surface area contributed by atoms with Gasteiger partial charge in [-0.3, -0.25) is 4.98 Å². The third-order valence-corrected chi connectivity index (χ3v) is 15.1. The zero-order valence-corrected chi connectivity index (χ0v) is 39.6. The number of furan rings is 1. The number of hydrogen-bond donors (Lipinski definition) is 0. The van der Waals surface area contributed by atoms with Crippen molar-refractivity contribution in [2.45, 2.75) is 43.9 Å². The molecule has 0 saturated carbocycles. The molecule has 0 atom stereocenters. The summed E-state index contributed by atoms with van der Waals surface area (Å²) in [7, 11) is 0.